The Morgan fingerprint density at radius 3 is 2.43 bits per heavy atom. The van der Waals surface area contributed by atoms with Crippen LogP contribution in [0.2, 0.25) is 0 Å². The molecule has 42 heavy (non-hydrogen) atoms. The number of halogens is 1. The van der Waals surface area contributed by atoms with Crippen LogP contribution < -0.4 is 10.1 Å². The molecule has 4 atom stereocenters. The number of carbonyl (C=O) groups is 2. The van der Waals surface area contributed by atoms with Crippen LogP contribution in [0.5, 0.6) is 5.75 Å². The standard InChI is InChI=1S/C34H37BrN2O5/c1-22(32(38)39)36-31-29(41-20-23-10-4-2-5-11-23)19-27-25(30(31)35)18-28-26-14-8-9-15-34(26,27)16-17-37(28)33(40)42-21-24-12-6-3-7-13-24/h2-7,10-13,19,22,26,28,36H,8-9,14-18,20-21H2,1H3,(H,38,39)/t22?,26?,28-,34-/m0/s1. The number of fused-ring (bicyclic) bond motifs is 1. The van der Waals surface area contributed by atoms with Crippen molar-refractivity contribution in [3.63, 3.8) is 0 Å². The second-order valence-electron chi connectivity index (χ2n) is 11.8. The second kappa shape index (κ2) is 12.0. The summed E-state index contributed by atoms with van der Waals surface area (Å²) in [6.45, 7) is 2.91. The third kappa shape index (κ3) is 5.37. The van der Waals surface area contributed by atoms with Crippen molar-refractivity contribution in [2.45, 2.75) is 76.2 Å². The molecule has 0 aromatic heterocycles. The summed E-state index contributed by atoms with van der Waals surface area (Å²) >= 11 is 3.89. The number of ether oxygens (including phenoxy) is 2. The number of anilines is 1. The van der Waals surface area contributed by atoms with Crippen molar-refractivity contribution in [3.8, 4) is 5.75 Å². The fraction of sp³-hybridized carbons (Fsp3) is 0.412. The van der Waals surface area contributed by atoms with Gasteiger partial charge in [-0.05, 0) is 82.8 Å². The minimum Gasteiger partial charge on any atom is -0.487 e. The molecule has 220 valence electrons. The van der Waals surface area contributed by atoms with E-state index in [0.717, 1.165) is 53.3 Å². The van der Waals surface area contributed by atoms with E-state index < -0.39 is 12.0 Å². The van der Waals surface area contributed by atoms with E-state index in [2.05, 4.69) is 27.3 Å². The molecule has 1 aliphatic heterocycles. The Balaban J connectivity index is 1.36. The van der Waals surface area contributed by atoms with Crippen LogP contribution in [-0.2, 0) is 34.6 Å². The zero-order valence-electron chi connectivity index (χ0n) is 23.9. The van der Waals surface area contributed by atoms with Crippen molar-refractivity contribution < 1.29 is 24.2 Å². The molecule has 6 rings (SSSR count). The summed E-state index contributed by atoms with van der Waals surface area (Å²) in [5.41, 5.74) is 5.01. The Morgan fingerprint density at radius 1 is 1.05 bits per heavy atom. The molecule has 1 saturated heterocycles. The van der Waals surface area contributed by atoms with Gasteiger partial charge in [0.25, 0.3) is 0 Å². The summed E-state index contributed by atoms with van der Waals surface area (Å²) in [6, 6.07) is 21.1. The molecule has 1 heterocycles. The van der Waals surface area contributed by atoms with Crippen LogP contribution in [0.4, 0.5) is 10.5 Å². The normalized spacial score (nSPS) is 23.2. The van der Waals surface area contributed by atoms with E-state index in [9.17, 15) is 14.7 Å². The van der Waals surface area contributed by atoms with E-state index in [0.29, 0.717) is 36.9 Å². The van der Waals surface area contributed by atoms with Crippen LogP contribution in [0.15, 0.2) is 71.2 Å². The van der Waals surface area contributed by atoms with Crippen molar-refractivity contribution >= 4 is 33.7 Å². The molecule has 2 aliphatic carbocycles. The zero-order chi connectivity index (χ0) is 29.3. The molecule has 7 nitrogen and oxygen atoms in total. The van der Waals surface area contributed by atoms with E-state index in [1.807, 2.05) is 65.6 Å². The second-order valence-corrected chi connectivity index (χ2v) is 12.6. The lowest BCUT2D eigenvalue weighted by atomic mass is 9.52. The lowest BCUT2D eigenvalue weighted by Gasteiger charge is -2.58. The molecule has 1 amide bonds. The monoisotopic (exact) mass is 632 g/mol. The first kappa shape index (κ1) is 28.6. The van der Waals surface area contributed by atoms with E-state index in [1.165, 1.54) is 5.56 Å². The molecule has 0 spiro atoms. The van der Waals surface area contributed by atoms with E-state index >= 15 is 0 Å². The molecule has 2 fully saturated rings. The van der Waals surface area contributed by atoms with Gasteiger partial charge in [-0.15, -0.1) is 0 Å². The van der Waals surface area contributed by atoms with Crippen LogP contribution in [0, 0.1) is 5.92 Å². The molecule has 2 bridgehead atoms. The quantitative estimate of drug-likeness (QED) is 0.271. The van der Waals surface area contributed by atoms with Gasteiger partial charge in [0.1, 0.15) is 25.0 Å². The Kier molecular flexibility index (Phi) is 8.17. The summed E-state index contributed by atoms with van der Waals surface area (Å²) in [6.07, 6.45) is 5.72. The molecular formula is C34H37BrN2O5. The first-order chi connectivity index (χ1) is 20.4. The average molecular weight is 634 g/mol. The highest BCUT2D eigenvalue weighted by atomic mass is 79.9. The summed E-state index contributed by atoms with van der Waals surface area (Å²) in [7, 11) is 0. The predicted molar refractivity (Wildman–Crippen MR) is 165 cm³/mol. The minimum atomic E-state index is -0.941. The van der Waals surface area contributed by atoms with Crippen molar-refractivity contribution in [2.75, 3.05) is 11.9 Å². The van der Waals surface area contributed by atoms with E-state index in [4.69, 9.17) is 9.47 Å². The molecule has 2 N–H and O–H groups in total. The number of nitrogens with one attached hydrogen (secondary N) is 1. The predicted octanol–water partition coefficient (Wildman–Crippen LogP) is 7.31. The topological polar surface area (TPSA) is 88.1 Å². The lowest BCUT2D eigenvalue weighted by molar-refractivity contribution is -0.137. The number of benzene rings is 3. The SMILES string of the molecule is CC(Nc1c(OCc2ccccc2)cc2c(c1Br)C[C@H]1C3CCCC[C@@]23CCN1C(=O)OCc1ccccc1)C(=O)O. The number of amides is 1. The van der Waals surface area contributed by atoms with Crippen LogP contribution in [0.25, 0.3) is 0 Å². The molecule has 3 aliphatic rings. The van der Waals surface area contributed by atoms with Gasteiger partial charge in [-0.25, -0.2) is 4.79 Å². The summed E-state index contributed by atoms with van der Waals surface area (Å²) < 4.78 is 13.1. The lowest BCUT2D eigenvalue weighted by Crippen LogP contribution is -2.62. The van der Waals surface area contributed by atoms with Crippen LogP contribution in [0.1, 0.15) is 61.3 Å². The average Bonchev–Trinajstić information content (AvgIpc) is 3.01. The molecule has 3 aromatic carbocycles. The third-order valence-corrected chi connectivity index (χ3v) is 10.3. The van der Waals surface area contributed by atoms with Gasteiger partial charge in [0.15, 0.2) is 0 Å². The fourth-order valence-corrected chi connectivity index (χ4v) is 8.06. The number of aliphatic carboxylic acids is 1. The van der Waals surface area contributed by atoms with Crippen LogP contribution >= 0.6 is 15.9 Å². The maximum Gasteiger partial charge on any atom is 0.410 e. The molecule has 8 heteroatoms. The van der Waals surface area contributed by atoms with Gasteiger partial charge in [-0.2, -0.15) is 0 Å². The molecule has 3 aromatic rings. The number of nitrogens with zero attached hydrogens (tertiary/aromatic N) is 1. The van der Waals surface area contributed by atoms with Crippen LogP contribution in [-0.4, -0.2) is 40.7 Å². The number of piperidine rings is 1. The highest BCUT2D eigenvalue weighted by Gasteiger charge is 2.56. The highest BCUT2D eigenvalue weighted by molar-refractivity contribution is 9.10. The number of rotatable bonds is 8. The van der Waals surface area contributed by atoms with Gasteiger partial charge in [0, 0.05) is 22.5 Å². The number of likely N-dealkylation sites (tertiary alicyclic amines) is 1. The van der Waals surface area contributed by atoms with Gasteiger partial charge in [-0.3, -0.25) is 4.79 Å². The number of carbonyl (C=O) groups excluding carboxylic acids is 1. The molecule has 1 saturated carbocycles. The smallest absolute Gasteiger partial charge is 0.410 e. The van der Waals surface area contributed by atoms with Crippen molar-refractivity contribution in [1.82, 2.24) is 4.90 Å². The van der Waals surface area contributed by atoms with Crippen molar-refractivity contribution in [1.29, 1.82) is 0 Å². The number of carboxylic acid groups (broad SMARTS) is 1. The Hall–Kier alpha value is -3.52. The Bertz CT molecular complexity index is 1450. The molecule has 0 radical (unpaired) electrons. The largest absolute Gasteiger partial charge is 0.487 e. The van der Waals surface area contributed by atoms with Gasteiger partial charge in [0.05, 0.1) is 5.69 Å². The maximum atomic E-state index is 13.5. The van der Waals surface area contributed by atoms with Gasteiger partial charge >= 0.3 is 12.1 Å². The van der Waals surface area contributed by atoms with Gasteiger partial charge in [0.2, 0.25) is 0 Å². The van der Waals surface area contributed by atoms with Gasteiger partial charge < -0.3 is 24.8 Å². The van der Waals surface area contributed by atoms with Crippen LogP contribution in [0.3, 0.4) is 0 Å². The molecular weight excluding hydrogens is 596 g/mol. The van der Waals surface area contributed by atoms with Crippen molar-refractivity contribution in [2.24, 2.45) is 5.92 Å². The summed E-state index contributed by atoms with van der Waals surface area (Å²) in [4.78, 5) is 27.3. The Labute approximate surface area is 255 Å². The highest BCUT2D eigenvalue weighted by Crippen LogP contribution is 2.58. The maximum absolute atomic E-state index is 13.5. The Morgan fingerprint density at radius 2 is 1.74 bits per heavy atom. The number of carboxylic acids is 1. The van der Waals surface area contributed by atoms with E-state index in [1.54, 1.807) is 6.92 Å². The van der Waals surface area contributed by atoms with Gasteiger partial charge in [-0.1, -0.05) is 73.5 Å². The zero-order valence-corrected chi connectivity index (χ0v) is 25.4. The third-order valence-electron chi connectivity index (χ3n) is 9.45. The fourth-order valence-electron chi connectivity index (χ4n) is 7.37. The first-order valence-electron chi connectivity index (χ1n) is 14.9. The molecule has 2 unspecified atom stereocenters. The summed E-state index contributed by atoms with van der Waals surface area (Å²) in [5, 5.41) is 12.9. The number of hydrogen-bond donors (Lipinski definition) is 2. The number of hydrogen-bond acceptors (Lipinski definition) is 5. The van der Waals surface area contributed by atoms with Crippen molar-refractivity contribution in [3.05, 3.63) is 93.5 Å². The summed E-state index contributed by atoms with van der Waals surface area (Å²) in [5.74, 6) is 0.0469. The van der Waals surface area contributed by atoms with E-state index in [-0.39, 0.29) is 24.2 Å². The first-order valence-corrected chi connectivity index (χ1v) is 15.7. The minimum absolute atomic E-state index is 0.0203.